The van der Waals surface area contributed by atoms with Crippen LogP contribution in [-0.2, 0) is 32.1 Å². The zero-order chi connectivity index (χ0) is 30.2. The first-order chi connectivity index (χ1) is 19.7. The van der Waals surface area contributed by atoms with E-state index < -0.39 is 17.9 Å². The fourth-order valence-corrected chi connectivity index (χ4v) is 4.94. The molecule has 0 radical (unpaired) electrons. The molecule has 1 aliphatic heterocycles. The number of cyclic esters (lactones) is 1. The number of unbranched alkanes of at least 4 members (excludes halogenated alkanes) is 8. The third-order valence-electron chi connectivity index (χ3n) is 7.39. The van der Waals surface area contributed by atoms with Crippen LogP contribution in [0.15, 0.2) is 11.6 Å². The van der Waals surface area contributed by atoms with E-state index in [0.717, 1.165) is 30.4 Å². The van der Waals surface area contributed by atoms with Crippen LogP contribution in [0.4, 0.5) is 0 Å². The van der Waals surface area contributed by atoms with Crippen LogP contribution >= 0.6 is 0 Å². The Balaban J connectivity index is 1.97. The molecule has 0 spiro atoms. The van der Waals surface area contributed by atoms with E-state index in [9.17, 15) is 19.2 Å². The normalized spacial score (nSPS) is 12.6. The molecular weight excluding hydrogens is 526 g/mol. The van der Waals surface area contributed by atoms with Crippen molar-refractivity contribution in [3.8, 4) is 11.5 Å². The molecule has 41 heavy (non-hydrogen) atoms. The number of fused-ring (bicyclic) bond motifs is 1. The molecule has 1 amide bonds. The molecule has 0 unspecified atom stereocenters. The quantitative estimate of drug-likeness (QED) is 0.0798. The summed E-state index contributed by atoms with van der Waals surface area (Å²) in [6.07, 6.45) is 13.1. The molecule has 228 valence electrons. The fraction of sp³-hybridized carbons (Fsp3) is 0.625. The molecule has 0 aliphatic carbocycles. The van der Waals surface area contributed by atoms with Crippen LogP contribution in [0.25, 0.3) is 0 Å². The van der Waals surface area contributed by atoms with Crippen LogP contribution < -0.4 is 14.8 Å². The lowest BCUT2D eigenvalue weighted by Gasteiger charge is -2.19. The van der Waals surface area contributed by atoms with Crippen LogP contribution in [0.3, 0.4) is 0 Å². The third-order valence-corrected chi connectivity index (χ3v) is 7.39. The van der Waals surface area contributed by atoms with Gasteiger partial charge in [0, 0.05) is 30.5 Å². The van der Waals surface area contributed by atoms with Crippen LogP contribution in [0.2, 0.25) is 0 Å². The second-order valence-electron chi connectivity index (χ2n) is 10.7. The molecule has 0 atom stereocenters. The molecule has 9 heteroatoms. The average Bonchev–Trinajstić information content (AvgIpc) is 3.33. The van der Waals surface area contributed by atoms with Gasteiger partial charge in [-0.25, -0.2) is 4.79 Å². The lowest BCUT2D eigenvalue weighted by Crippen LogP contribution is -2.25. The van der Waals surface area contributed by atoms with E-state index in [4.69, 9.17) is 19.3 Å². The van der Waals surface area contributed by atoms with E-state index in [2.05, 4.69) is 12.2 Å². The maximum absolute atomic E-state index is 12.8. The molecule has 2 rings (SSSR count). The highest BCUT2D eigenvalue weighted by Gasteiger charge is 2.34. The Morgan fingerprint density at radius 2 is 1.61 bits per heavy atom. The van der Waals surface area contributed by atoms with Gasteiger partial charge in [-0.3, -0.25) is 14.4 Å². The standard InChI is InChI=1S/C32H47NO8/c1-5-6-7-8-9-10-11-12-13-20-33-26(34)17-19-28(37)41-31-24(16-14-22(2)15-18-27(35)36)30(39-4)23(3)25-21-40-32(38)29(25)31/h14H,5-13,15-21H2,1-4H3,(H,33,34)(H,35,36)/b22-14+. The highest BCUT2D eigenvalue weighted by atomic mass is 16.6. The number of esters is 2. The van der Waals surface area contributed by atoms with Gasteiger partial charge in [0.1, 0.15) is 17.9 Å². The predicted octanol–water partition coefficient (Wildman–Crippen LogP) is 6.36. The van der Waals surface area contributed by atoms with Gasteiger partial charge in [-0.1, -0.05) is 69.9 Å². The fourth-order valence-electron chi connectivity index (χ4n) is 4.94. The first kappa shape index (κ1) is 33.8. The summed E-state index contributed by atoms with van der Waals surface area (Å²) in [4.78, 5) is 48.7. The number of rotatable bonds is 20. The van der Waals surface area contributed by atoms with Crippen LogP contribution in [0, 0.1) is 6.92 Å². The molecule has 0 saturated carbocycles. The summed E-state index contributed by atoms with van der Waals surface area (Å²) in [6, 6.07) is 0. The Kier molecular flexibility index (Phi) is 15.0. The Morgan fingerprint density at radius 1 is 0.951 bits per heavy atom. The van der Waals surface area contributed by atoms with Crippen molar-refractivity contribution < 1.29 is 38.5 Å². The summed E-state index contributed by atoms with van der Waals surface area (Å²) in [5.41, 5.74) is 2.86. The number of hydrogen-bond acceptors (Lipinski definition) is 7. The first-order valence-corrected chi connectivity index (χ1v) is 14.9. The van der Waals surface area contributed by atoms with Gasteiger partial charge < -0.3 is 24.6 Å². The zero-order valence-electron chi connectivity index (χ0n) is 25.2. The first-order valence-electron chi connectivity index (χ1n) is 14.9. The van der Waals surface area contributed by atoms with E-state index >= 15 is 0 Å². The molecule has 2 N–H and O–H groups in total. The molecular formula is C32H47NO8. The number of benzene rings is 1. The van der Waals surface area contributed by atoms with Crippen LogP contribution in [0.1, 0.15) is 124 Å². The minimum atomic E-state index is -0.890. The maximum Gasteiger partial charge on any atom is 0.342 e. The lowest BCUT2D eigenvalue weighted by atomic mass is 9.94. The number of carboxylic acids is 1. The molecule has 9 nitrogen and oxygen atoms in total. The maximum atomic E-state index is 12.8. The Hall–Kier alpha value is -3.36. The van der Waals surface area contributed by atoms with Gasteiger partial charge in [0.2, 0.25) is 5.91 Å². The highest BCUT2D eigenvalue weighted by molar-refractivity contribution is 5.99. The summed E-state index contributed by atoms with van der Waals surface area (Å²) >= 11 is 0. The number of amides is 1. The predicted molar refractivity (Wildman–Crippen MR) is 156 cm³/mol. The van der Waals surface area contributed by atoms with Gasteiger partial charge in [-0.2, -0.15) is 0 Å². The second kappa shape index (κ2) is 18.1. The van der Waals surface area contributed by atoms with E-state index in [1.165, 1.54) is 45.6 Å². The largest absolute Gasteiger partial charge is 0.496 e. The van der Waals surface area contributed by atoms with Crippen molar-refractivity contribution in [3.05, 3.63) is 33.9 Å². The van der Waals surface area contributed by atoms with Gasteiger partial charge in [-0.05, 0) is 38.7 Å². The number of ether oxygens (including phenoxy) is 3. The third kappa shape index (κ3) is 11.2. The smallest absolute Gasteiger partial charge is 0.342 e. The number of allylic oxidation sites excluding steroid dienone is 2. The summed E-state index contributed by atoms with van der Waals surface area (Å²) in [6.45, 7) is 6.48. The topological polar surface area (TPSA) is 128 Å². The second-order valence-corrected chi connectivity index (χ2v) is 10.7. The van der Waals surface area contributed by atoms with Crippen molar-refractivity contribution in [3.63, 3.8) is 0 Å². The van der Waals surface area contributed by atoms with Crippen LogP contribution in [0.5, 0.6) is 11.5 Å². The number of carboxylic acid groups (broad SMARTS) is 1. The van der Waals surface area contributed by atoms with Crippen molar-refractivity contribution in [2.75, 3.05) is 13.7 Å². The number of carbonyl (C=O) groups excluding carboxylic acids is 3. The Labute approximate surface area is 244 Å². The minimum Gasteiger partial charge on any atom is -0.496 e. The molecule has 0 bridgehead atoms. The average molecular weight is 574 g/mol. The SMILES string of the molecule is CCCCCCCCCCCNC(=O)CCC(=O)Oc1c(C/C=C(\C)CCC(=O)O)c(OC)c(C)c2c1C(=O)OC2. The molecule has 0 aromatic heterocycles. The number of carbonyl (C=O) groups is 4. The Morgan fingerprint density at radius 3 is 2.24 bits per heavy atom. The van der Waals surface area contributed by atoms with Crippen molar-refractivity contribution in [2.24, 2.45) is 0 Å². The summed E-state index contributed by atoms with van der Waals surface area (Å²) in [7, 11) is 1.50. The van der Waals surface area contributed by atoms with E-state index in [0.29, 0.717) is 29.8 Å². The number of methoxy groups -OCH3 is 1. The van der Waals surface area contributed by atoms with Gasteiger partial charge in [0.15, 0.2) is 5.75 Å². The minimum absolute atomic E-state index is 0.00194. The van der Waals surface area contributed by atoms with Crippen molar-refractivity contribution in [1.29, 1.82) is 0 Å². The molecule has 1 aliphatic rings. The van der Waals surface area contributed by atoms with Gasteiger partial charge in [0.05, 0.1) is 13.5 Å². The van der Waals surface area contributed by atoms with Crippen molar-refractivity contribution in [1.82, 2.24) is 5.32 Å². The highest BCUT2D eigenvalue weighted by Crippen LogP contribution is 2.43. The molecule has 1 aromatic carbocycles. The Bertz CT molecular complexity index is 1090. The lowest BCUT2D eigenvalue weighted by molar-refractivity contribution is -0.137. The van der Waals surface area contributed by atoms with Crippen molar-refractivity contribution in [2.45, 2.75) is 117 Å². The molecule has 1 heterocycles. The van der Waals surface area contributed by atoms with Gasteiger partial charge in [0.25, 0.3) is 0 Å². The van der Waals surface area contributed by atoms with Gasteiger partial charge >= 0.3 is 17.9 Å². The van der Waals surface area contributed by atoms with E-state index in [1.54, 1.807) is 0 Å². The van der Waals surface area contributed by atoms with Crippen molar-refractivity contribution >= 4 is 23.8 Å². The molecule has 1 aromatic rings. The zero-order valence-corrected chi connectivity index (χ0v) is 25.2. The van der Waals surface area contributed by atoms with Gasteiger partial charge in [-0.15, -0.1) is 0 Å². The number of nitrogens with one attached hydrogen (secondary N) is 1. The molecule has 0 fully saturated rings. The van der Waals surface area contributed by atoms with Crippen LogP contribution in [-0.4, -0.2) is 42.6 Å². The number of aliphatic carboxylic acids is 1. The van der Waals surface area contributed by atoms with E-state index in [-0.39, 0.29) is 49.5 Å². The summed E-state index contributed by atoms with van der Waals surface area (Å²) in [5, 5.41) is 11.8. The van der Waals surface area contributed by atoms with E-state index in [1.807, 2.05) is 19.9 Å². The summed E-state index contributed by atoms with van der Waals surface area (Å²) in [5.74, 6) is -1.77. The summed E-state index contributed by atoms with van der Waals surface area (Å²) < 4.78 is 16.6. The monoisotopic (exact) mass is 573 g/mol. The molecule has 0 saturated heterocycles. The number of hydrogen-bond donors (Lipinski definition) is 2.